The van der Waals surface area contributed by atoms with E-state index >= 15 is 0 Å². The third-order valence-corrected chi connectivity index (χ3v) is 5.97. The smallest absolute Gasteiger partial charge is 0.332 e. The van der Waals surface area contributed by atoms with E-state index in [1.165, 1.54) is 10.9 Å². The van der Waals surface area contributed by atoms with Crippen LogP contribution in [-0.4, -0.2) is 31.2 Å². The molecule has 2 amide bonds. The lowest BCUT2D eigenvalue weighted by Gasteiger charge is -2.20. The first kappa shape index (κ1) is 23.2. The minimum Gasteiger partial charge on any atom is -0.391 e. The number of hydrogen-bond acceptors (Lipinski definition) is 5. The molecular formula is C19H28ClN5O3S. The Morgan fingerprint density at radius 3 is 2.28 bits per heavy atom. The molecule has 1 heterocycles. The number of aliphatic hydroxyl groups is 1. The van der Waals surface area contributed by atoms with Crippen molar-refractivity contribution in [1.82, 2.24) is 14.5 Å². The molecule has 0 radical (unpaired) electrons. The number of nitrogens with zero attached hydrogens (tertiary/aromatic N) is 2. The second kappa shape index (κ2) is 9.15. The maximum absolute atomic E-state index is 12.8. The van der Waals surface area contributed by atoms with Crippen LogP contribution in [0.3, 0.4) is 0 Å². The van der Waals surface area contributed by atoms with Crippen LogP contribution in [0.4, 0.5) is 10.5 Å². The van der Waals surface area contributed by atoms with Crippen molar-refractivity contribution in [2.24, 2.45) is 0 Å². The van der Waals surface area contributed by atoms with E-state index in [9.17, 15) is 14.1 Å². The summed E-state index contributed by atoms with van der Waals surface area (Å²) in [7, 11) is -3.80. The van der Waals surface area contributed by atoms with Crippen LogP contribution < -0.4 is 10.0 Å². The Balaban J connectivity index is 2.29. The van der Waals surface area contributed by atoms with Gasteiger partial charge in [-0.1, -0.05) is 57.5 Å². The fourth-order valence-corrected chi connectivity index (χ4v) is 4.38. The van der Waals surface area contributed by atoms with Crippen LogP contribution in [-0.2, 0) is 16.5 Å². The van der Waals surface area contributed by atoms with Crippen LogP contribution in [0.15, 0.2) is 29.4 Å². The van der Waals surface area contributed by atoms with Crippen molar-refractivity contribution < 1.29 is 14.1 Å². The van der Waals surface area contributed by atoms with Gasteiger partial charge in [0.25, 0.3) is 0 Å². The summed E-state index contributed by atoms with van der Waals surface area (Å²) >= 11 is 6.05. The second-order valence-corrected chi connectivity index (χ2v) is 9.70. The fraction of sp³-hybridized carbons (Fsp3) is 0.474. The highest BCUT2D eigenvalue weighted by Gasteiger charge is 2.23. The van der Waals surface area contributed by atoms with Crippen LogP contribution in [0.2, 0.25) is 5.02 Å². The van der Waals surface area contributed by atoms with E-state index in [2.05, 4.69) is 15.1 Å². The molecule has 1 unspecified atom stereocenters. The number of amides is 2. The van der Waals surface area contributed by atoms with Gasteiger partial charge < -0.3 is 10.4 Å². The van der Waals surface area contributed by atoms with Crippen molar-refractivity contribution in [3.8, 4) is 0 Å². The summed E-state index contributed by atoms with van der Waals surface area (Å²) in [5.41, 5.74) is 2.54. The van der Waals surface area contributed by atoms with Gasteiger partial charge in [0.15, 0.2) is 14.9 Å². The molecule has 0 saturated heterocycles. The van der Waals surface area contributed by atoms with Crippen molar-refractivity contribution in [3.63, 3.8) is 0 Å². The first-order valence-corrected chi connectivity index (χ1v) is 11.3. The van der Waals surface area contributed by atoms with Gasteiger partial charge in [-0.15, -0.1) is 0 Å². The summed E-state index contributed by atoms with van der Waals surface area (Å²) in [6.45, 7) is 9.77. The molecule has 0 aliphatic rings. The zero-order valence-corrected chi connectivity index (χ0v) is 18.8. The van der Waals surface area contributed by atoms with Gasteiger partial charge in [-0.05, 0) is 29.9 Å². The number of hydrogen-bond donors (Lipinski definition) is 4. The zero-order chi connectivity index (χ0) is 21.9. The number of carbonyl (C=O) groups is 1. The van der Waals surface area contributed by atoms with E-state index in [4.69, 9.17) is 16.4 Å². The van der Waals surface area contributed by atoms with E-state index in [0.29, 0.717) is 5.69 Å². The number of aliphatic hydroxyl groups excluding tert-OH is 1. The molecule has 2 rings (SSSR count). The van der Waals surface area contributed by atoms with Gasteiger partial charge in [0.2, 0.25) is 0 Å². The van der Waals surface area contributed by atoms with Crippen molar-refractivity contribution in [3.05, 3.63) is 40.5 Å². The Morgan fingerprint density at radius 1 is 1.24 bits per heavy atom. The number of rotatable bonds is 7. The molecule has 10 heteroatoms. The van der Waals surface area contributed by atoms with Crippen LogP contribution in [0.25, 0.3) is 0 Å². The van der Waals surface area contributed by atoms with Gasteiger partial charge in [-0.3, -0.25) is 4.68 Å². The molecule has 0 saturated carbocycles. The summed E-state index contributed by atoms with van der Waals surface area (Å²) in [6, 6.07) is 5.02. The Morgan fingerprint density at radius 2 is 1.79 bits per heavy atom. The molecule has 4 N–H and O–H groups in total. The molecule has 2 atom stereocenters. The molecule has 0 fully saturated rings. The average molecular weight is 442 g/mol. The lowest BCUT2D eigenvalue weighted by molar-refractivity contribution is 0.168. The second-order valence-electron chi connectivity index (χ2n) is 7.59. The van der Waals surface area contributed by atoms with Crippen molar-refractivity contribution in [1.29, 1.82) is 4.78 Å². The lowest BCUT2D eigenvalue weighted by atomic mass is 9.93. The van der Waals surface area contributed by atoms with Crippen molar-refractivity contribution >= 4 is 33.2 Å². The van der Waals surface area contributed by atoms with Crippen LogP contribution in [0.1, 0.15) is 57.6 Å². The average Bonchev–Trinajstić information content (AvgIpc) is 2.94. The summed E-state index contributed by atoms with van der Waals surface area (Å²) < 4.78 is 24.4. The molecule has 0 aliphatic heterocycles. The molecule has 0 spiro atoms. The summed E-state index contributed by atoms with van der Waals surface area (Å²) in [5, 5.41) is 15.9. The number of nitrogens with one attached hydrogen (secondary N) is 3. The maximum atomic E-state index is 12.8. The Kier molecular flexibility index (Phi) is 7.31. The van der Waals surface area contributed by atoms with Gasteiger partial charge in [0, 0.05) is 11.9 Å². The van der Waals surface area contributed by atoms with Gasteiger partial charge in [0.1, 0.15) is 0 Å². The van der Waals surface area contributed by atoms with E-state index in [1.54, 1.807) is 6.92 Å². The number of halogens is 1. The molecule has 1 aromatic carbocycles. The minimum absolute atomic E-state index is 0.0172. The summed E-state index contributed by atoms with van der Waals surface area (Å²) in [4.78, 5) is 12.6. The van der Waals surface area contributed by atoms with Crippen LogP contribution >= 0.6 is 11.6 Å². The molecule has 0 bridgehead atoms. The first-order valence-electron chi connectivity index (χ1n) is 9.33. The normalized spacial score (nSPS) is 14.7. The molecule has 160 valence electrons. The molecule has 29 heavy (non-hydrogen) atoms. The minimum atomic E-state index is -3.80. The quantitative estimate of drug-likeness (QED) is 0.511. The summed E-state index contributed by atoms with van der Waals surface area (Å²) in [5.74, 6) is 0.324. The van der Waals surface area contributed by atoms with Crippen molar-refractivity contribution in [2.75, 3.05) is 5.32 Å². The maximum Gasteiger partial charge on any atom is 0.332 e. The standard InChI is InChI=1S/C19H28ClN5O3S/c1-11(2)14-7-6-8-15(12(3)4)17(14)22-19(27)24-29(21,28)18-16(20)10-25(23-18)9-13(5)26/h6-8,10-13,26H,9H2,1-5H3,(H3,21,22,24,27,28)/t13-,29?/m0/s1. The van der Waals surface area contributed by atoms with E-state index in [1.807, 2.05) is 45.9 Å². The van der Waals surface area contributed by atoms with E-state index in [0.717, 1.165) is 11.1 Å². The van der Waals surface area contributed by atoms with Crippen molar-refractivity contribution in [2.45, 2.75) is 64.1 Å². The predicted molar refractivity (Wildman–Crippen MR) is 115 cm³/mol. The first-order chi connectivity index (χ1) is 13.4. The number of aromatic nitrogens is 2. The van der Waals surface area contributed by atoms with Gasteiger partial charge in [0.05, 0.1) is 17.7 Å². The highest BCUT2D eigenvalue weighted by Crippen LogP contribution is 2.32. The molecule has 1 aromatic heterocycles. The highest BCUT2D eigenvalue weighted by atomic mass is 35.5. The lowest BCUT2D eigenvalue weighted by Crippen LogP contribution is -2.34. The summed E-state index contributed by atoms with van der Waals surface area (Å²) in [6.07, 6.45) is 0.668. The number of para-hydroxylation sites is 1. The monoisotopic (exact) mass is 441 g/mol. The third kappa shape index (κ3) is 5.71. The Labute approximate surface area is 176 Å². The number of benzene rings is 1. The number of urea groups is 1. The van der Waals surface area contributed by atoms with Crippen LogP contribution in [0, 0.1) is 4.78 Å². The topological polar surface area (TPSA) is 120 Å². The van der Waals surface area contributed by atoms with Gasteiger partial charge in [-0.25, -0.2) is 18.5 Å². The Hall–Kier alpha value is -2.10. The molecule has 8 nitrogen and oxygen atoms in total. The molecular weight excluding hydrogens is 414 g/mol. The zero-order valence-electron chi connectivity index (χ0n) is 17.2. The highest BCUT2D eigenvalue weighted by molar-refractivity contribution is 7.91. The number of carbonyl (C=O) groups excluding carboxylic acids is 1. The predicted octanol–water partition coefficient (Wildman–Crippen LogP) is 4.31. The van der Waals surface area contributed by atoms with E-state index < -0.39 is 22.1 Å². The molecule has 2 aromatic rings. The third-order valence-electron chi connectivity index (χ3n) is 4.26. The number of anilines is 1. The van der Waals surface area contributed by atoms with Crippen LogP contribution in [0.5, 0.6) is 0 Å². The largest absolute Gasteiger partial charge is 0.391 e. The van der Waals surface area contributed by atoms with Gasteiger partial charge in [-0.2, -0.15) is 5.10 Å². The molecule has 0 aliphatic carbocycles. The Bertz CT molecular complexity index is 957. The SMILES string of the molecule is CC(C)c1cccc(C(C)C)c1NC(=O)NS(=N)(=O)c1nn(C[C@H](C)O)cc1Cl. The fourth-order valence-electron chi connectivity index (χ4n) is 2.95. The van der Waals surface area contributed by atoms with E-state index in [-0.39, 0.29) is 28.4 Å². The van der Waals surface area contributed by atoms with Gasteiger partial charge >= 0.3 is 6.03 Å².